The Morgan fingerprint density at radius 3 is 2.00 bits per heavy atom. The SMILES string of the molecule is CN1CCOCC1.[AlH3]. The lowest BCUT2D eigenvalue weighted by molar-refractivity contribution is 0.0503. The van der Waals surface area contributed by atoms with E-state index in [0.29, 0.717) is 0 Å². The second-order valence-corrected chi connectivity index (χ2v) is 1.92. The van der Waals surface area contributed by atoms with E-state index in [1.165, 1.54) is 0 Å². The normalized spacial score (nSPS) is 22.1. The first-order valence-electron chi connectivity index (χ1n) is 2.66. The average molecular weight is 131 g/mol. The van der Waals surface area contributed by atoms with E-state index in [1.54, 1.807) is 0 Å². The van der Waals surface area contributed by atoms with Crippen LogP contribution in [-0.2, 0) is 4.74 Å². The van der Waals surface area contributed by atoms with Crippen molar-refractivity contribution in [2.24, 2.45) is 0 Å². The predicted molar refractivity (Wildman–Crippen MR) is 38.3 cm³/mol. The first-order chi connectivity index (χ1) is 3.39. The Balaban J connectivity index is 0.000000490. The summed E-state index contributed by atoms with van der Waals surface area (Å²) in [5.74, 6) is 0. The standard InChI is InChI=1S/C5H11NO.Al.3H/c1-6-2-4-7-5-3-6;;;;/h2-5H2,1H3;;;;. The molecule has 0 amide bonds. The summed E-state index contributed by atoms with van der Waals surface area (Å²) in [6.07, 6.45) is 0. The molecule has 0 saturated carbocycles. The molecule has 0 aromatic rings. The summed E-state index contributed by atoms with van der Waals surface area (Å²) in [7, 11) is 2.11. The second kappa shape index (κ2) is 4.34. The number of hydrogen-bond acceptors (Lipinski definition) is 2. The van der Waals surface area contributed by atoms with Crippen LogP contribution in [0, 0.1) is 0 Å². The van der Waals surface area contributed by atoms with Gasteiger partial charge in [0, 0.05) is 13.1 Å². The van der Waals surface area contributed by atoms with Crippen molar-refractivity contribution in [2.75, 3.05) is 33.4 Å². The highest BCUT2D eigenvalue weighted by atomic mass is 27.0. The molecule has 48 valence electrons. The van der Waals surface area contributed by atoms with Crippen molar-refractivity contribution in [2.45, 2.75) is 0 Å². The molecule has 0 bridgehead atoms. The maximum absolute atomic E-state index is 5.10. The Morgan fingerprint density at radius 1 is 1.25 bits per heavy atom. The molecule has 0 unspecified atom stereocenters. The van der Waals surface area contributed by atoms with Crippen molar-refractivity contribution >= 4 is 17.4 Å². The van der Waals surface area contributed by atoms with Gasteiger partial charge in [0.25, 0.3) is 0 Å². The van der Waals surface area contributed by atoms with Crippen LogP contribution in [0.4, 0.5) is 0 Å². The molecule has 1 rings (SSSR count). The monoisotopic (exact) mass is 131 g/mol. The van der Waals surface area contributed by atoms with Gasteiger partial charge in [-0.1, -0.05) is 0 Å². The highest BCUT2D eigenvalue weighted by molar-refractivity contribution is 5.75. The van der Waals surface area contributed by atoms with Crippen LogP contribution in [0.2, 0.25) is 0 Å². The molecule has 0 aromatic heterocycles. The number of ether oxygens (including phenoxy) is 1. The fourth-order valence-electron chi connectivity index (χ4n) is 0.655. The number of likely N-dealkylation sites (N-methyl/N-ethyl adjacent to an activating group) is 1. The summed E-state index contributed by atoms with van der Waals surface area (Å²) in [5, 5.41) is 0. The molecule has 0 aromatic carbocycles. The van der Waals surface area contributed by atoms with Gasteiger partial charge >= 0.3 is 0 Å². The van der Waals surface area contributed by atoms with Crippen LogP contribution in [0.25, 0.3) is 0 Å². The van der Waals surface area contributed by atoms with E-state index in [4.69, 9.17) is 4.74 Å². The molecule has 1 aliphatic heterocycles. The predicted octanol–water partition coefficient (Wildman–Crippen LogP) is -1.24. The van der Waals surface area contributed by atoms with Crippen molar-refractivity contribution in [3.05, 3.63) is 0 Å². The lowest BCUT2D eigenvalue weighted by atomic mass is 10.5. The number of rotatable bonds is 0. The van der Waals surface area contributed by atoms with Gasteiger partial charge in [-0.05, 0) is 7.05 Å². The molecule has 2 nitrogen and oxygen atoms in total. The topological polar surface area (TPSA) is 12.5 Å². The van der Waals surface area contributed by atoms with Gasteiger partial charge in [-0.15, -0.1) is 0 Å². The quantitative estimate of drug-likeness (QED) is 0.381. The van der Waals surface area contributed by atoms with Gasteiger partial charge in [0.15, 0.2) is 17.4 Å². The van der Waals surface area contributed by atoms with Crippen LogP contribution in [0.15, 0.2) is 0 Å². The summed E-state index contributed by atoms with van der Waals surface area (Å²) < 4.78 is 5.10. The van der Waals surface area contributed by atoms with E-state index in [9.17, 15) is 0 Å². The van der Waals surface area contributed by atoms with Gasteiger partial charge in [-0.3, -0.25) is 0 Å². The van der Waals surface area contributed by atoms with E-state index < -0.39 is 0 Å². The van der Waals surface area contributed by atoms with Gasteiger partial charge in [0.2, 0.25) is 0 Å². The average Bonchev–Trinajstić information content (AvgIpc) is 1.69. The fraction of sp³-hybridized carbons (Fsp3) is 1.00. The smallest absolute Gasteiger partial charge is 0.187 e. The molecular formula is C5H14AlNO. The van der Waals surface area contributed by atoms with Gasteiger partial charge < -0.3 is 9.64 Å². The third kappa shape index (κ3) is 2.69. The van der Waals surface area contributed by atoms with Gasteiger partial charge in [-0.2, -0.15) is 0 Å². The molecule has 8 heavy (non-hydrogen) atoms. The Hall–Kier alpha value is 0.452. The lowest BCUT2D eigenvalue weighted by Crippen LogP contribution is -2.32. The molecule has 0 radical (unpaired) electrons. The van der Waals surface area contributed by atoms with Gasteiger partial charge in [0.05, 0.1) is 13.2 Å². The van der Waals surface area contributed by atoms with Crippen molar-refractivity contribution in [3.8, 4) is 0 Å². The number of nitrogens with zero attached hydrogens (tertiary/aromatic N) is 1. The minimum atomic E-state index is 0. The van der Waals surface area contributed by atoms with Crippen molar-refractivity contribution in [1.82, 2.24) is 4.90 Å². The lowest BCUT2D eigenvalue weighted by Gasteiger charge is -2.21. The van der Waals surface area contributed by atoms with Crippen LogP contribution in [0.3, 0.4) is 0 Å². The van der Waals surface area contributed by atoms with Gasteiger partial charge in [0.1, 0.15) is 0 Å². The highest BCUT2D eigenvalue weighted by Crippen LogP contribution is 1.89. The van der Waals surface area contributed by atoms with Crippen molar-refractivity contribution < 1.29 is 4.74 Å². The summed E-state index contributed by atoms with van der Waals surface area (Å²) in [5.41, 5.74) is 0. The molecule has 1 aliphatic rings. The Bertz CT molecular complexity index is 54.4. The molecule has 1 heterocycles. The van der Waals surface area contributed by atoms with Crippen LogP contribution in [0.1, 0.15) is 0 Å². The molecule has 0 aliphatic carbocycles. The summed E-state index contributed by atoms with van der Waals surface area (Å²) in [6.45, 7) is 4.02. The number of morpholine rings is 1. The van der Waals surface area contributed by atoms with Crippen LogP contribution >= 0.6 is 0 Å². The minimum absolute atomic E-state index is 0. The fourth-order valence-corrected chi connectivity index (χ4v) is 0.655. The maximum atomic E-state index is 5.10. The molecule has 1 fully saturated rings. The highest BCUT2D eigenvalue weighted by Gasteiger charge is 2.02. The van der Waals surface area contributed by atoms with E-state index in [-0.39, 0.29) is 17.4 Å². The largest absolute Gasteiger partial charge is 0.379 e. The van der Waals surface area contributed by atoms with E-state index in [1.807, 2.05) is 0 Å². The molecule has 3 heteroatoms. The zero-order valence-electron chi connectivity index (χ0n) is 4.68. The third-order valence-electron chi connectivity index (χ3n) is 1.23. The molecule has 0 spiro atoms. The second-order valence-electron chi connectivity index (χ2n) is 1.92. The van der Waals surface area contributed by atoms with Gasteiger partial charge in [-0.25, -0.2) is 0 Å². The van der Waals surface area contributed by atoms with E-state index in [0.717, 1.165) is 26.3 Å². The zero-order valence-corrected chi connectivity index (χ0v) is 4.68. The summed E-state index contributed by atoms with van der Waals surface area (Å²) >= 11 is 0. The third-order valence-corrected chi connectivity index (χ3v) is 1.23. The Morgan fingerprint density at radius 2 is 1.75 bits per heavy atom. The Labute approximate surface area is 60.9 Å². The van der Waals surface area contributed by atoms with Crippen LogP contribution in [-0.4, -0.2) is 55.6 Å². The van der Waals surface area contributed by atoms with Crippen LogP contribution in [0.5, 0.6) is 0 Å². The minimum Gasteiger partial charge on any atom is -0.379 e. The zero-order chi connectivity index (χ0) is 5.11. The van der Waals surface area contributed by atoms with E-state index >= 15 is 0 Å². The molecular weight excluding hydrogens is 117 g/mol. The first kappa shape index (κ1) is 8.45. The Kier molecular flexibility index (Phi) is 4.59. The maximum Gasteiger partial charge on any atom is 0.187 e. The summed E-state index contributed by atoms with van der Waals surface area (Å²) in [6, 6.07) is 0. The van der Waals surface area contributed by atoms with E-state index in [2.05, 4.69) is 11.9 Å². The first-order valence-corrected chi connectivity index (χ1v) is 2.66. The van der Waals surface area contributed by atoms with Crippen molar-refractivity contribution in [1.29, 1.82) is 0 Å². The van der Waals surface area contributed by atoms with Crippen LogP contribution < -0.4 is 0 Å². The molecule has 0 atom stereocenters. The summed E-state index contributed by atoms with van der Waals surface area (Å²) in [4.78, 5) is 2.27. The number of hydrogen-bond donors (Lipinski definition) is 0. The molecule has 1 saturated heterocycles. The van der Waals surface area contributed by atoms with Crippen molar-refractivity contribution in [3.63, 3.8) is 0 Å². The molecule has 0 N–H and O–H groups in total.